The van der Waals surface area contributed by atoms with Gasteiger partial charge in [-0.15, -0.1) is 0 Å². The maximum Gasteiger partial charge on any atom is 0.242 e. The van der Waals surface area contributed by atoms with Crippen molar-refractivity contribution in [1.29, 1.82) is 0 Å². The van der Waals surface area contributed by atoms with Crippen LogP contribution in [-0.2, 0) is 4.79 Å². The molecule has 0 radical (unpaired) electrons. The van der Waals surface area contributed by atoms with E-state index in [0.717, 1.165) is 45.7 Å². The van der Waals surface area contributed by atoms with Gasteiger partial charge >= 0.3 is 0 Å². The Labute approximate surface area is 104 Å². The Morgan fingerprint density at radius 3 is 2.29 bits per heavy atom. The zero-order valence-electron chi connectivity index (χ0n) is 11.2. The smallest absolute Gasteiger partial charge is 0.242 e. The molecule has 2 aliphatic rings. The van der Waals surface area contributed by atoms with Crippen molar-refractivity contribution in [2.24, 2.45) is 0 Å². The van der Waals surface area contributed by atoms with Gasteiger partial charge in [0.05, 0.1) is 5.54 Å². The number of rotatable bonds is 3. The molecular weight excluding hydrogens is 214 g/mol. The molecule has 0 aromatic heterocycles. The minimum atomic E-state index is -0.270. The summed E-state index contributed by atoms with van der Waals surface area (Å²) in [5, 5.41) is 3.30. The summed E-state index contributed by atoms with van der Waals surface area (Å²) < 4.78 is 0. The van der Waals surface area contributed by atoms with Crippen LogP contribution in [0.5, 0.6) is 0 Å². The molecule has 0 bridgehead atoms. The molecule has 1 atom stereocenters. The standard InChI is InChI=1S/C13H25N3O/c1-3-13(2,16-8-4-5-9-16)12(17)15-10-6-14-7-11-15/h14H,3-11H2,1-2H3. The summed E-state index contributed by atoms with van der Waals surface area (Å²) in [6.07, 6.45) is 3.39. The minimum absolute atomic E-state index is 0.270. The predicted molar refractivity (Wildman–Crippen MR) is 69.0 cm³/mol. The van der Waals surface area contributed by atoms with Gasteiger partial charge in [-0.25, -0.2) is 0 Å². The van der Waals surface area contributed by atoms with Crippen LogP contribution >= 0.6 is 0 Å². The highest BCUT2D eigenvalue weighted by Crippen LogP contribution is 2.26. The van der Waals surface area contributed by atoms with E-state index in [-0.39, 0.29) is 5.54 Å². The average molecular weight is 239 g/mol. The lowest BCUT2D eigenvalue weighted by molar-refractivity contribution is -0.144. The number of carbonyl (C=O) groups is 1. The Balaban J connectivity index is 2.07. The van der Waals surface area contributed by atoms with Crippen LogP contribution in [0.3, 0.4) is 0 Å². The SMILES string of the molecule is CCC(C)(C(=O)N1CCNCC1)N1CCCC1. The third-order valence-electron chi connectivity index (χ3n) is 4.36. The molecule has 0 aromatic carbocycles. The number of amides is 1. The maximum atomic E-state index is 12.7. The normalized spacial score (nSPS) is 25.9. The molecule has 98 valence electrons. The van der Waals surface area contributed by atoms with Crippen LogP contribution in [0.1, 0.15) is 33.1 Å². The van der Waals surface area contributed by atoms with E-state index in [2.05, 4.69) is 24.1 Å². The molecule has 4 heteroatoms. The van der Waals surface area contributed by atoms with Crippen molar-refractivity contribution in [1.82, 2.24) is 15.1 Å². The zero-order chi connectivity index (χ0) is 12.3. The van der Waals surface area contributed by atoms with Gasteiger partial charge in [0.15, 0.2) is 0 Å². The number of piperazine rings is 1. The van der Waals surface area contributed by atoms with Gasteiger partial charge in [-0.05, 0) is 39.3 Å². The Morgan fingerprint density at radius 1 is 1.18 bits per heavy atom. The molecule has 2 heterocycles. The van der Waals surface area contributed by atoms with Crippen molar-refractivity contribution in [3.8, 4) is 0 Å². The molecule has 1 N–H and O–H groups in total. The van der Waals surface area contributed by atoms with Crippen LogP contribution in [0.25, 0.3) is 0 Å². The third-order valence-corrected chi connectivity index (χ3v) is 4.36. The van der Waals surface area contributed by atoms with E-state index < -0.39 is 0 Å². The van der Waals surface area contributed by atoms with Gasteiger partial charge in [-0.2, -0.15) is 0 Å². The van der Waals surface area contributed by atoms with Gasteiger partial charge in [-0.1, -0.05) is 6.92 Å². The summed E-state index contributed by atoms with van der Waals surface area (Å²) in [5.41, 5.74) is -0.270. The van der Waals surface area contributed by atoms with E-state index in [1.54, 1.807) is 0 Å². The quantitative estimate of drug-likeness (QED) is 0.787. The van der Waals surface area contributed by atoms with Gasteiger partial charge in [0.25, 0.3) is 0 Å². The maximum absolute atomic E-state index is 12.7. The van der Waals surface area contributed by atoms with E-state index >= 15 is 0 Å². The Hall–Kier alpha value is -0.610. The van der Waals surface area contributed by atoms with E-state index in [1.807, 2.05) is 4.90 Å². The first-order chi connectivity index (χ1) is 8.18. The average Bonchev–Trinajstić information content (AvgIpc) is 2.92. The fraction of sp³-hybridized carbons (Fsp3) is 0.923. The fourth-order valence-electron chi connectivity index (χ4n) is 2.93. The summed E-state index contributed by atoms with van der Waals surface area (Å²) in [6.45, 7) is 10.0. The van der Waals surface area contributed by atoms with Crippen LogP contribution in [0.4, 0.5) is 0 Å². The fourth-order valence-corrected chi connectivity index (χ4v) is 2.93. The molecule has 0 aromatic rings. The summed E-state index contributed by atoms with van der Waals surface area (Å²) in [4.78, 5) is 17.1. The molecule has 0 aliphatic carbocycles. The van der Waals surface area contributed by atoms with Crippen LogP contribution in [-0.4, -0.2) is 60.5 Å². The molecule has 2 aliphatic heterocycles. The Morgan fingerprint density at radius 2 is 1.76 bits per heavy atom. The lowest BCUT2D eigenvalue weighted by Gasteiger charge is -2.41. The molecule has 2 saturated heterocycles. The molecule has 0 spiro atoms. The molecule has 2 rings (SSSR count). The first kappa shape index (κ1) is 12.8. The second kappa shape index (κ2) is 5.36. The van der Waals surface area contributed by atoms with Gasteiger partial charge in [0, 0.05) is 26.2 Å². The van der Waals surface area contributed by atoms with E-state index in [0.29, 0.717) is 5.91 Å². The van der Waals surface area contributed by atoms with Gasteiger partial charge < -0.3 is 10.2 Å². The Bertz CT molecular complexity index is 270. The van der Waals surface area contributed by atoms with Gasteiger partial charge in [-0.3, -0.25) is 9.69 Å². The first-order valence-corrected chi connectivity index (χ1v) is 6.93. The van der Waals surface area contributed by atoms with Crippen molar-refractivity contribution in [3.05, 3.63) is 0 Å². The molecule has 1 amide bonds. The molecule has 2 fully saturated rings. The van der Waals surface area contributed by atoms with Crippen LogP contribution < -0.4 is 5.32 Å². The number of hydrogen-bond acceptors (Lipinski definition) is 3. The highest BCUT2D eigenvalue weighted by Gasteiger charge is 2.41. The molecule has 4 nitrogen and oxygen atoms in total. The second-order valence-electron chi connectivity index (χ2n) is 5.36. The third kappa shape index (κ3) is 2.47. The molecular formula is C13H25N3O. The summed E-state index contributed by atoms with van der Waals surface area (Å²) in [7, 11) is 0. The molecule has 1 unspecified atom stereocenters. The number of nitrogens with zero attached hydrogens (tertiary/aromatic N) is 2. The summed E-state index contributed by atoms with van der Waals surface area (Å²) >= 11 is 0. The monoisotopic (exact) mass is 239 g/mol. The van der Waals surface area contributed by atoms with Crippen LogP contribution in [0, 0.1) is 0 Å². The van der Waals surface area contributed by atoms with Crippen molar-refractivity contribution >= 4 is 5.91 Å². The predicted octanol–water partition coefficient (Wildman–Crippen LogP) is 0.683. The lowest BCUT2D eigenvalue weighted by Crippen LogP contribution is -2.59. The van der Waals surface area contributed by atoms with E-state index in [4.69, 9.17) is 0 Å². The second-order valence-corrected chi connectivity index (χ2v) is 5.36. The topological polar surface area (TPSA) is 35.6 Å². The van der Waals surface area contributed by atoms with Crippen molar-refractivity contribution in [2.45, 2.75) is 38.6 Å². The van der Waals surface area contributed by atoms with Crippen molar-refractivity contribution in [3.63, 3.8) is 0 Å². The molecule has 17 heavy (non-hydrogen) atoms. The largest absolute Gasteiger partial charge is 0.339 e. The van der Waals surface area contributed by atoms with Crippen LogP contribution in [0.15, 0.2) is 0 Å². The van der Waals surface area contributed by atoms with E-state index in [9.17, 15) is 4.79 Å². The summed E-state index contributed by atoms with van der Waals surface area (Å²) in [5.74, 6) is 0.336. The molecule has 0 saturated carbocycles. The highest BCUT2D eigenvalue weighted by atomic mass is 16.2. The summed E-state index contributed by atoms with van der Waals surface area (Å²) in [6, 6.07) is 0. The minimum Gasteiger partial charge on any atom is -0.339 e. The van der Waals surface area contributed by atoms with E-state index in [1.165, 1.54) is 12.8 Å². The Kier molecular flexibility index (Phi) is 4.05. The number of hydrogen-bond donors (Lipinski definition) is 1. The van der Waals surface area contributed by atoms with Crippen LogP contribution in [0.2, 0.25) is 0 Å². The lowest BCUT2D eigenvalue weighted by atomic mass is 9.94. The van der Waals surface area contributed by atoms with Gasteiger partial charge in [0.1, 0.15) is 0 Å². The number of nitrogens with one attached hydrogen (secondary N) is 1. The number of carbonyl (C=O) groups excluding carboxylic acids is 1. The number of likely N-dealkylation sites (tertiary alicyclic amines) is 1. The van der Waals surface area contributed by atoms with Crippen molar-refractivity contribution < 1.29 is 4.79 Å². The zero-order valence-corrected chi connectivity index (χ0v) is 11.2. The highest BCUT2D eigenvalue weighted by molar-refractivity contribution is 5.86. The first-order valence-electron chi connectivity index (χ1n) is 6.93. The van der Waals surface area contributed by atoms with Crippen molar-refractivity contribution in [2.75, 3.05) is 39.3 Å². The van der Waals surface area contributed by atoms with Gasteiger partial charge in [0.2, 0.25) is 5.91 Å².